The molecule has 1 N–H and O–H groups in total. The minimum atomic E-state index is -0.129. The minimum absolute atomic E-state index is 0.129. The first-order valence-electron chi connectivity index (χ1n) is 11.8. The standard InChI is InChI=1S/C28H31N3O4/c1-5-34-27-20(3)28-24(25(17-35-28)21-7-9-22(33-4)10-8-21)16-23(27)19(2)15-26(32)30-11-6-13-31-14-12-29-18-31/h7-10,12,14-18H,5-6,11,13H2,1-4H3,(H,30,32)/b19-15+. The number of benzene rings is 2. The first-order chi connectivity index (χ1) is 17.0. The van der Waals surface area contributed by atoms with Crippen molar-refractivity contribution in [2.45, 2.75) is 33.7 Å². The Kier molecular flexibility index (Phi) is 7.55. The predicted molar refractivity (Wildman–Crippen MR) is 138 cm³/mol. The molecular formula is C28H31N3O4. The van der Waals surface area contributed by atoms with Crippen LogP contribution in [0.4, 0.5) is 0 Å². The van der Waals surface area contributed by atoms with Gasteiger partial charge in [0.05, 0.1) is 26.3 Å². The van der Waals surface area contributed by atoms with Crippen LogP contribution in [0.25, 0.3) is 27.7 Å². The van der Waals surface area contributed by atoms with Gasteiger partial charge in [-0.2, -0.15) is 0 Å². The van der Waals surface area contributed by atoms with Crippen LogP contribution >= 0.6 is 0 Å². The van der Waals surface area contributed by atoms with Crippen LogP contribution in [0.15, 0.2) is 65.8 Å². The molecule has 4 aromatic rings. The zero-order chi connectivity index (χ0) is 24.8. The molecule has 182 valence electrons. The van der Waals surface area contributed by atoms with E-state index in [2.05, 4.69) is 16.4 Å². The van der Waals surface area contributed by atoms with E-state index in [1.807, 2.05) is 55.8 Å². The number of methoxy groups -OCH3 is 1. The second kappa shape index (κ2) is 11.0. The second-order valence-electron chi connectivity index (χ2n) is 8.34. The van der Waals surface area contributed by atoms with E-state index >= 15 is 0 Å². The molecule has 0 spiro atoms. The summed E-state index contributed by atoms with van der Waals surface area (Å²) in [7, 11) is 1.65. The number of ether oxygens (including phenoxy) is 2. The van der Waals surface area contributed by atoms with Gasteiger partial charge in [0.25, 0.3) is 0 Å². The van der Waals surface area contributed by atoms with E-state index in [-0.39, 0.29) is 5.91 Å². The number of aromatic nitrogens is 2. The topological polar surface area (TPSA) is 78.5 Å². The molecule has 0 saturated heterocycles. The van der Waals surface area contributed by atoms with Crippen LogP contribution in [0.5, 0.6) is 11.5 Å². The predicted octanol–water partition coefficient (Wildman–Crippen LogP) is 5.62. The first kappa shape index (κ1) is 24.1. The Morgan fingerprint density at radius 1 is 1.26 bits per heavy atom. The highest BCUT2D eigenvalue weighted by molar-refractivity contribution is 6.01. The number of nitrogens with zero attached hydrogens (tertiary/aromatic N) is 2. The SMILES string of the molecule is CCOc1c(/C(C)=C/C(=O)NCCCn2ccnc2)cc2c(-c3ccc(OC)cc3)coc2c1C. The number of furan rings is 1. The third-order valence-corrected chi connectivity index (χ3v) is 5.96. The molecule has 4 rings (SSSR count). The van der Waals surface area contributed by atoms with E-state index in [1.54, 1.807) is 32.0 Å². The van der Waals surface area contributed by atoms with Gasteiger partial charge in [-0.3, -0.25) is 4.79 Å². The molecule has 0 saturated carbocycles. The fourth-order valence-corrected chi connectivity index (χ4v) is 4.15. The number of imidazole rings is 1. The van der Waals surface area contributed by atoms with Crippen LogP contribution in [0.2, 0.25) is 0 Å². The normalized spacial score (nSPS) is 11.6. The molecule has 2 aromatic carbocycles. The number of rotatable bonds is 10. The number of allylic oxidation sites excluding steroid dienone is 1. The molecule has 0 aliphatic carbocycles. The first-order valence-corrected chi connectivity index (χ1v) is 11.8. The summed E-state index contributed by atoms with van der Waals surface area (Å²) in [6.45, 7) is 7.77. The smallest absolute Gasteiger partial charge is 0.244 e. The van der Waals surface area contributed by atoms with Crippen LogP contribution in [0, 0.1) is 6.92 Å². The summed E-state index contributed by atoms with van der Waals surface area (Å²) in [5, 5.41) is 3.94. The van der Waals surface area contributed by atoms with Crippen LogP contribution < -0.4 is 14.8 Å². The molecule has 0 atom stereocenters. The highest BCUT2D eigenvalue weighted by atomic mass is 16.5. The van der Waals surface area contributed by atoms with Crippen molar-refractivity contribution in [3.63, 3.8) is 0 Å². The molecule has 0 unspecified atom stereocenters. The van der Waals surface area contributed by atoms with Gasteiger partial charge in [0.15, 0.2) is 0 Å². The van der Waals surface area contributed by atoms with E-state index in [0.29, 0.717) is 13.2 Å². The van der Waals surface area contributed by atoms with E-state index in [1.165, 1.54) is 0 Å². The number of carbonyl (C=O) groups is 1. The number of carbonyl (C=O) groups excluding carboxylic acids is 1. The summed E-state index contributed by atoms with van der Waals surface area (Å²) < 4.78 is 19.3. The van der Waals surface area contributed by atoms with Crippen LogP contribution in [0.1, 0.15) is 31.4 Å². The molecule has 0 radical (unpaired) electrons. The Hall–Kier alpha value is -4.00. The van der Waals surface area contributed by atoms with Crippen molar-refractivity contribution in [3.8, 4) is 22.6 Å². The molecule has 0 aliphatic heterocycles. The maximum Gasteiger partial charge on any atom is 0.244 e. The lowest BCUT2D eigenvalue weighted by Gasteiger charge is -2.15. The number of fused-ring (bicyclic) bond motifs is 1. The van der Waals surface area contributed by atoms with Crippen molar-refractivity contribution < 1.29 is 18.7 Å². The van der Waals surface area contributed by atoms with Crippen LogP contribution in [0.3, 0.4) is 0 Å². The lowest BCUT2D eigenvalue weighted by molar-refractivity contribution is -0.116. The fraction of sp³-hybridized carbons (Fsp3) is 0.286. The lowest BCUT2D eigenvalue weighted by atomic mass is 9.96. The average Bonchev–Trinajstić information content (AvgIpc) is 3.54. The zero-order valence-electron chi connectivity index (χ0n) is 20.6. The molecule has 0 fully saturated rings. The summed E-state index contributed by atoms with van der Waals surface area (Å²) in [5.41, 5.74) is 5.39. The number of aryl methyl sites for hydroxylation is 2. The Labute approximate surface area is 205 Å². The summed E-state index contributed by atoms with van der Waals surface area (Å²) >= 11 is 0. The van der Waals surface area contributed by atoms with E-state index in [4.69, 9.17) is 13.9 Å². The molecule has 2 aromatic heterocycles. The van der Waals surface area contributed by atoms with Crippen molar-refractivity contribution in [3.05, 3.63) is 72.5 Å². The number of hydrogen-bond acceptors (Lipinski definition) is 5. The molecule has 0 aliphatic rings. The zero-order valence-corrected chi connectivity index (χ0v) is 20.6. The third-order valence-electron chi connectivity index (χ3n) is 5.96. The fourth-order valence-electron chi connectivity index (χ4n) is 4.15. The Morgan fingerprint density at radius 3 is 2.74 bits per heavy atom. The monoisotopic (exact) mass is 473 g/mol. The molecule has 2 heterocycles. The number of nitrogens with one attached hydrogen (secondary N) is 1. The summed E-state index contributed by atoms with van der Waals surface area (Å²) in [4.78, 5) is 16.7. The van der Waals surface area contributed by atoms with Gasteiger partial charge >= 0.3 is 0 Å². The second-order valence-corrected chi connectivity index (χ2v) is 8.34. The maximum atomic E-state index is 12.6. The molecular weight excluding hydrogens is 442 g/mol. The van der Waals surface area contributed by atoms with Crippen molar-refractivity contribution in [2.75, 3.05) is 20.3 Å². The van der Waals surface area contributed by atoms with Crippen molar-refractivity contribution in [1.82, 2.24) is 14.9 Å². The average molecular weight is 474 g/mol. The minimum Gasteiger partial charge on any atom is -0.497 e. The Morgan fingerprint density at radius 2 is 2.06 bits per heavy atom. The molecule has 35 heavy (non-hydrogen) atoms. The van der Waals surface area contributed by atoms with E-state index in [9.17, 15) is 4.79 Å². The summed E-state index contributed by atoms with van der Waals surface area (Å²) in [5.74, 6) is 1.40. The van der Waals surface area contributed by atoms with Crippen molar-refractivity contribution >= 4 is 22.4 Å². The highest BCUT2D eigenvalue weighted by Crippen LogP contribution is 2.41. The van der Waals surface area contributed by atoms with Gasteiger partial charge in [0.2, 0.25) is 5.91 Å². The largest absolute Gasteiger partial charge is 0.497 e. The van der Waals surface area contributed by atoms with Gasteiger partial charge in [-0.05, 0) is 56.5 Å². The molecule has 1 amide bonds. The van der Waals surface area contributed by atoms with E-state index in [0.717, 1.165) is 63.3 Å². The maximum absolute atomic E-state index is 12.6. The Balaban J connectivity index is 1.61. The summed E-state index contributed by atoms with van der Waals surface area (Å²) in [6, 6.07) is 9.93. The van der Waals surface area contributed by atoms with Gasteiger partial charge in [0, 0.05) is 53.6 Å². The highest BCUT2D eigenvalue weighted by Gasteiger charge is 2.19. The molecule has 0 bridgehead atoms. The molecule has 7 heteroatoms. The van der Waals surface area contributed by atoms with Crippen molar-refractivity contribution in [2.24, 2.45) is 0 Å². The lowest BCUT2D eigenvalue weighted by Crippen LogP contribution is -2.23. The quantitative estimate of drug-likeness (QED) is 0.239. The molecule has 7 nitrogen and oxygen atoms in total. The number of hydrogen-bond donors (Lipinski definition) is 1. The third kappa shape index (κ3) is 5.40. The van der Waals surface area contributed by atoms with Crippen molar-refractivity contribution in [1.29, 1.82) is 0 Å². The van der Waals surface area contributed by atoms with Gasteiger partial charge in [0.1, 0.15) is 17.1 Å². The van der Waals surface area contributed by atoms with Gasteiger partial charge in [-0.25, -0.2) is 4.98 Å². The van der Waals surface area contributed by atoms with Crippen LogP contribution in [-0.4, -0.2) is 35.7 Å². The number of amides is 1. The summed E-state index contributed by atoms with van der Waals surface area (Å²) in [6.07, 6.45) is 9.66. The van der Waals surface area contributed by atoms with Crippen LogP contribution in [-0.2, 0) is 11.3 Å². The van der Waals surface area contributed by atoms with Gasteiger partial charge < -0.3 is 23.8 Å². The Bertz CT molecular complexity index is 1320. The van der Waals surface area contributed by atoms with E-state index < -0.39 is 0 Å². The van der Waals surface area contributed by atoms with Gasteiger partial charge in [-0.1, -0.05) is 12.1 Å². The van der Waals surface area contributed by atoms with Gasteiger partial charge in [-0.15, -0.1) is 0 Å².